The zero-order chi connectivity index (χ0) is 16.0. The van der Waals surface area contributed by atoms with Crippen LogP contribution >= 0.6 is 0 Å². The van der Waals surface area contributed by atoms with Gasteiger partial charge in [0.2, 0.25) is 0 Å². The number of hydrogen-bond donors (Lipinski definition) is 2. The number of aryl methyl sites for hydroxylation is 1. The fourth-order valence-corrected chi connectivity index (χ4v) is 2.14. The maximum Gasteiger partial charge on any atom is 0.305 e. The monoisotopic (exact) mass is 295 g/mol. The number of benzene rings is 1. The molecule has 1 aromatic rings. The van der Waals surface area contributed by atoms with Crippen LogP contribution in [-0.2, 0) is 9.53 Å². The van der Waals surface area contributed by atoms with Gasteiger partial charge in [0, 0.05) is 12.7 Å². The zero-order valence-corrected chi connectivity index (χ0v) is 12.7. The van der Waals surface area contributed by atoms with E-state index in [1.54, 1.807) is 39.2 Å². The molecule has 1 unspecified atom stereocenters. The first kappa shape index (κ1) is 17.0. The van der Waals surface area contributed by atoms with E-state index in [0.717, 1.165) is 5.56 Å². The first-order valence-corrected chi connectivity index (χ1v) is 6.49. The Labute approximate surface area is 124 Å². The van der Waals surface area contributed by atoms with E-state index >= 15 is 0 Å². The summed E-state index contributed by atoms with van der Waals surface area (Å²) in [4.78, 5) is 23.3. The van der Waals surface area contributed by atoms with Gasteiger partial charge in [-0.3, -0.25) is 9.59 Å². The molecule has 1 aromatic carbocycles. The Hall–Kier alpha value is -2.08. The van der Waals surface area contributed by atoms with Gasteiger partial charge >= 0.3 is 5.97 Å². The number of amides is 1. The molecular formula is C15H21NO5. The lowest BCUT2D eigenvalue weighted by atomic mass is 9.97. The van der Waals surface area contributed by atoms with E-state index in [1.807, 2.05) is 0 Å². The predicted octanol–water partition coefficient (Wildman–Crippen LogP) is 1.61. The smallest absolute Gasteiger partial charge is 0.305 e. The maximum absolute atomic E-state index is 12.3. The van der Waals surface area contributed by atoms with Crippen molar-refractivity contribution in [3.8, 4) is 5.75 Å². The molecule has 1 atom stereocenters. The third-order valence-corrected chi connectivity index (χ3v) is 3.10. The number of nitrogens with one attached hydrogen (secondary N) is 1. The van der Waals surface area contributed by atoms with Crippen LogP contribution in [0.5, 0.6) is 5.75 Å². The summed E-state index contributed by atoms with van der Waals surface area (Å²) < 4.78 is 10.1. The summed E-state index contributed by atoms with van der Waals surface area (Å²) in [5.41, 5.74) is 0.259. The molecule has 0 aliphatic carbocycles. The number of rotatable bonds is 7. The molecule has 0 aliphatic rings. The molecule has 0 spiro atoms. The number of ether oxygens (including phenoxy) is 2. The molecule has 0 radical (unpaired) electrons. The average Bonchev–Trinajstić information content (AvgIpc) is 2.37. The van der Waals surface area contributed by atoms with Gasteiger partial charge in [0.15, 0.2) is 0 Å². The second kappa shape index (κ2) is 7.08. The van der Waals surface area contributed by atoms with Crippen molar-refractivity contribution in [2.24, 2.45) is 0 Å². The minimum Gasteiger partial charge on any atom is -0.497 e. The summed E-state index contributed by atoms with van der Waals surface area (Å²) in [5, 5.41) is 11.7. The lowest BCUT2D eigenvalue weighted by molar-refractivity contribution is -0.139. The van der Waals surface area contributed by atoms with Gasteiger partial charge in [0.05, 0.1) is 25.7 Å². The number of aliphatic carboxylic acids is 1. The number of carbonyl (C=O) groups is 2. The van der Waals surface area contributed by atoms with Gasteiger partial charge in [0.25, 0.3) is 5.91 Å². The molecule has 116 valence electrons. The van der Waals surface area contributed by atoms with E-state index in [1.165, 1.54) is 7.11 Å². The molecule has 0 saturated carbocycles. The Morgan fingerprint density at radius 1 is 1.33 bits per heavy atom. The molecular weight excluding hydrogens is 274 g/mol. The van der Waals surface area contributed by atoms with E-state index in [9.17, 15) is 9.59 Å². The summed E-state index contributed by atoms with van der Waals surface area (Å²) in [6.45, 7) is 3.55. The molecule has 0 aromatic heterocycles. The van der Waals surface area contributed by atoms with Crippen LogP contribution in [0, 0.1) is 6.92 Å². The molecule has 0 saturated heterocycles. The standard InChI is InChI=1S/C15H21NO5/c1-10-7-11(21-4)5-6-12(10)14(19)16-15(2,9-20-3)8-13(17)18/h5-7H,8-9H2,1-4H3,(H,16,19)(H,17,18). The van der Waals surface area contributed by atoms with Crippen molar-refractivity contribution in [1.82, 2.24) is 5.32 Å². The van der Waals surface area contributed by atoms with Crippen molar-refractivity contribution in [1.29, 1.82) is 0 Å². The highest BCUT2D eigenvalue weighted by atomic mass is 16.5. The molecule has 6 nitrogen and oxygen atoms in total. The molecule has 1 amide bonds. The van der Waals surface area contributed by atoms with Crippen molar-refractivity contribution in [3.63, 3.8) is 0 Å². The molecule has 6 heteroatoms. The van der Waals surface area contributed by atoms with E-state index in [-0.39, 0.29) is 18.9 Å². The third-order valence-electron chi connectivity index (χ3n) is 3.10. The van der Waals surface area contributed by atoms with Gasteiger partial charge in [-0.05, 0) is 37.6 Å². The molecule has 0 fully saturated rings. The third kappa shape index (κ3) is 4.75. The van der Waals surface area contributed by atoms with E-state index in [4.69, 9.17) is 14.6 Å². The highest BCUT2D eigenvalue weighted by Crippen LogP contribution is 2.18. The fraction of sp³-hybridized carbons (Fsp3) is 0.467. The van der Waals surface area contributed by atoms with Crippen LogP contribution in [0.2, 0.25) is 0 Å². The van der Waals surface area contributed by atoms with Gasteiger partial charge in [-0.15, -0.1) is 0 Å². The van der Waals surface area contributed by atoms with Crippen LogP contribution in [0.1, 0.15) is 29.3 Å². The summed E-state index contributed by atoms with van der Waals surface area (Å²) in [5.74, 6) is -0.675. The maximum atomic E-state index is 12.3. The number of carboxylic acid groups (broad SMARTS) is 1. The first-order valence-electron chi connectivity index (χ1n) is 6.49. The lowest BCUT2D eigenvalue weighted by Gasteiger charge is -2.28. The number of carboxylic acids is 1. The second-order valence-electron chi connectivity index (χ2n) is 5.20. The topological polar surface area (TPSA) is 84.9 Å². The fourth-order valence-electron chi connectivity index (χ4n) is 2.14. The van der Waals surface area contributed by atoms with Crippen molar-refractivity contribution >= 4 is 11.9 Å². The number of methoxy groups -OCH3 is 2. The van der Waals surface area contributed by atoms with Gasteiger partial charge in [0.1, 0.15) is 5.75 Å². The molecule has 21 heavy (non-hydrogen) atoms. The summed E-state index contributed by atoms with van der Waals surface area (Å²) in [6, 6.07) is 5.09. The van der Waals surface area contributed by atoms with E-state index in [0.29, 0.717) is 11.3 Å². The Morgan fingerprint density at radius 3 is 2.48 bits per heavy atom. The van der Waals surface area contributed by atoms with Gasteiger partial charge in [-0.2, -0.15) is 0 Å². The average molecular weight is 295 g/mol. The quantitative estimate of drug-likeness (QED) is 0.798. The SMILES string of the molecule is COCC(C)(CC(=O)O)NC(=O)c1ccc(OC)cc1C. The van der Waals surface area contributed by atoms with E-state index < -0.39 is 11.5 Å². The second-order valence-corrected chi connectivity index (χ2v) is 5.20. The van der Waals surface area contributed by atoms with Gasteiger partial charge in [-0.1, -0.05) is 0 Å². The molecule has 1 rings (SSSR count). The van der Waals surface area contributed by atoms with Crippen molar-refractivity contribution in [3.05, 3.63) is 29.3 Å². The Bertz CT molecular complexity index is 529. The number of carbonyl (C=O) groups excluding carboxylic acids is 1. The molecule has 0 aliphatic heterocycles. The minimum absolute atomic E-state index is 0.111. The summed E-state index contributed by atoms with van der Waals surface area (Å²) in [6.07, 6.45) is -0.220. The van der Waals surface area contributed by atoms with Crippen LogP contribution in [0.4, 0.5) is 0 Å². The Kier molecular flexibility index (Phi) is 5.72. The van der Waals surface area contributed by atoms with Crippen LogP contribution in [0.3, 0.4) is 0 Å². The van der Waals surface area contributed by atoms with Crippen LogP contribution in [0.25, 0.3) is 0 Å². The molecule has 2 N–H and O–H groups in total. The number of hydrogen-bond acceptors (Lipinski definition) is 4. The minimum atomic E-state index is -0.999. The highest BCUT2D eigenvalue weighted by Gasteiger charge is 2.30. The molecule has 0 heterocycles. The van der Waals surface area contributed by atoms with Gasteiger partial charge < -0.3 is 19.9 Å². The van der Waals surface area contributed by atoms with Crippen molar-refractivity contribution in [2.75, 3.05) is 20.8 Å². The predicted molar refractivity (Wildman–Crippen MR) is 77.7 cm³/mol. The Morgan fingerprint density at radius 2 is 2.00 bits per heavy atom. The largest absolute Gasteiger partial charge is 0.497 e. The van der Waals surface area contributed by atoms with Crippen molar-refractivity contribution < 1.29 is 24.2 Å². The summed E-state index contributed by atoms with van der Waals surface area (Å²) >= 11 is 0. The molecule has 0 bridgehead atoms. The zero-order valence-electron chi connectivity index (χ0n) is 12.7. The van der Waals surface area contributed by atoms with Crippen LogP contribution in [0.15, 0.2) is 18.2 Å². The Balaban J connectivity index is 2.94. The van der Waals surface area contributed by atoms with Crippen LogP contribution < -0.4 is 10.1 Å². The normalized spacial score (nSPS) is 13.3. The van der Waals surface area contributed by atoms with Crippen LogP contribution in [-0.4, -0.2) is 43.3 Å². The lowest BCUT2D eigenvalue weighted by Crippen LogP contribution is -2.50. The first-order chi connectivity index (χ1) is 9.81. The van der Waals surface area contributed by atoms with Crippen molar-refractivity contribution in [2.45, 2.75) is 25.8 Å². The summed E-state index contributed by atoms with van der Waals surface area (Å²) in [7, 11) is 3.02. The highest BCUT2D eigenvalue weighted by molar-refractivity contribution is 5.96. The van der Waals surface area contributed by atoms with Gasteiger partial charge in [-0.25, -0.2) is 0 Å². The van der Waals surface area contributed by atoms with E-state index in [2.05, 4.69) is 5.32 Å².